The maximum absolute atomic E-state index is 9.81. The predicted molar refractivity (Wildman–Crippen MR) is 79.7 cm³/mol. The molecule has 0 aliphatic heterocycles. The molecule has 0 fully saturated rings. The van der Waals surface area contributed by atoms with Crippen molar-refractivity contribution in [2.75, 3.05) is 13.2 Å². The van der Waals surface area contributed by atoms with Gasteiger partial charge < -0.3 is 0 Å². The van der Waals surface area contributed by atoms with Crippen LogP contribution in [0.2, 0.25) is 0 Å². The van der Waals surface area contributed by atoms with E-state index in [0.29, 0.717) is 0 Å². The van der Waals surface area contributed by atoms with Crippen molar-refractivity contribution < 1.29 is 0 Å². The molecule has 0 bridgehead atoms. The van der Waals surface area contributed by atoms with E-state index in [1.807, 2.05) is 0 Å². The van der Waals surface area contributed by atoms with E-state index in [1.165, 1.54) is 77.0 Å². The van der Waals surface area contributed by atoms with Gasteiger partial charge >= 0.3 is 0 Å². The highest BCUT2D eigenvalue weighted by molar-refractivity contribution is 4.50. The van der Waals surface area contributed by atoms with Gasteiger partial charge in [0.05, 0.1) is 0 Å². The average molecular weight is 256 g/mol. The van der Waals surface area contributed by atoms with Crippen LogP contribution in [0.1, 0.15) is 84.0 Å². The lowest BCUT2D eigenvalue weighted by atomic mass is 10.1. The van der Waals surface area contributed by atoms with Crippen molar-refractivity contribution in [3.63, 3.8) is 0 Å². The molecule has 3 heteroatoms. The summed E-state index contributed by atoms with van der Waals surface area (Å²) in [6.07, 6.45) is 16.5. The third-order valence-electron chi connectivity index (χ3n) is 3.38. The molecule has 0 aliphatic rings. The summed E-state index contributed by atoms with van der Waals surface area (Å²) in [7, 11) is 0. The number of hydrogen-bond acceptors (Lipinski definition) is 3. The second kappa shape index (κ2) is 16.6. The van der Waals surface area contributed by atoms with Crippen LogP contribution in [0, 0.1) is 4.91 Å². The van der Waals surface area contributed by atoms with Gasteiger partial charge in [-0.2, -0.15) is 0 Å². The molecule has 0 unspecified atom stereocenters. The fraction of sp³-hybridized carbons (Fsp3) is 1.00. The summed E-state index contributed by atoms with van der Waals surface area (Å²) in [6.45, 7) is 3.46. The Bertz CT molecular complexity index is 163. The molecule has 0 aromatic rings. The Hall–Kier alpha value is -0.440. The molecule has 0 atom stereocenters. The summed E-state index contributed by atoms with van der Waals surface area (Å²) in [5, 5.41) is 5.76. The fourth-order valence-corrected chi connectivity index (χ4v) is 2.22. The Labute approximate surface area is 113 Å². The van der Waals surface area contributed by atoms with Crippen molar-refractivity contribution >= 4 is 0 Å². The highest BCUT2D eigenvalue weighted by Crippen LogP contribution is 2.11. The van der Waals surface area contributed by atoms with E-state index in [9.17, 15) is 4.91 Å². The van der Waals surface area contributed by atoms with E-state index < -0.39 is 0 Å². The van der Waals surface area contributed by atoms with E-state index >= 15 is 0 Å². The highest BCUT2D eigenvalue weighted by Gasteiger charge is 1.93. The standard InChI is InChI=1S/C15H32N2O/c1-2-3-4-5-6-7-8-9-10-11-12-13-14-16-15-17-18/h16H,2-15H2,1H3. The molecular formula is C15H32N2O. The van der Waals surface area contributed by atoms with Gasteiger partial charge in [-0.25, -0.2) is 0 Å². The zero-order chi connectivity index (χ0) is 13.3. The lowest BCUT2D eigenvalue weighted by Gasteiger charge is -2.03. The smallest absolute Gasteiger partial charge is 0.131 e. The predicted octanol–water partition coefficient (Wildman–Crippen LogP) is 5.00. The van der Waals surface area contributed by atoms with Crippen molar-refractivity contribution in [2.24, 2.45) is 5.18 Å². The summed E-state index contributed by atoms with van der Waals surface area (Å²) in [6, 6.07) is 0. The third kappa shape index (κ3) is 15.6. The molecule has 0 saturated heterocycles. The van der Waals surface area contributed by atoms with Crippen LogP contribution in [-0.2, 0) is 0 Å². The summed E-state index contributed by atoms with van der Waals surface area (Å²) >= 11 is 0. The monoisotopic (exact) mass is 256 g/mol. The summed E-state index contributed by atoms with van der Waals surface area (Å²) in [5.41, 5.74) is 0. The van der Waals surface area contributed by atoms with Crippen molar-refractivity contribution in [3.05, 3.63) is 4.91 Å². The number of nitrogens with zero attached hydrogens (tertiary/aromatic N) is 1. The topological polar surface area (TPSA) is 41.5 Å². The van der Waals surface area contributed by atoms with E-state index in [2.05, 4.69) is 17.4 Å². The molecule has 108 valence electrons. The molecule has 0 amide bonds. The van der Waals surface area contributed by atoms with Crippen LogP contribution in [0.5, 0.6) is 0 Å². The Morgan fingerprint density at radius 1 is 0.722 bits per heavy atom. The Morgan fingerprint density at radius 2 is 1.17 bits per heavy atom. The zero-order valence-corrected chi connectivity index (χ0v) is 12.3. The highest BCUT2D eigenvalue weighted by atomic mass is 16.3. The second-order valence-electron chi connectivity index (χ2n) is 5.18. The molecule has 18 heavy (non-hydrogen) atoms. The van der Waals surface area contributed by atoms with Gasteiger partial charge in [-0.15, -0.1) is 4.91 Å². The second-order valence-corrected chi connectivity index (χ2v) is 5.18. The molecule has 1 N–H and O–H groups in total. The molecular weight excluding hydrogens is 224 g/mol. The lowest BCUT2D eigenvalue weighted by molar-refractivity contribution is 0.537. The molecule has 0 radical (unpaired) electrons. The normalized spacial score (nSPS) is 10.7. The SMILES string of the molecule is CCCCCCCCCCCCCCNCN=O. The molecule has 0 rings (SSSR count). The van der Waals surface area contributed by atoms with Crippen LogP contribution in [0.25, 0.3) is 0 Å². The molecule has 0 aromatic heterocycles. The number of rotatable bonds is 15. The number of nitrogens with one attached hydrogen (secondary N) is 1. The summed E-state index contributed by atoms with van der Waals surface area (Å²) in [4.78, 5) is 9.81. The first-order valence-electron chi connectivity index (χ1n) is 7.91. The van der Waals surface area contributed by atoms with Crippen LogP contribution < -0.4 is 5.32 Å². The first kappa shape index (κ1) is 17.6. The van der Waals surface area contributed by atoms with Crippen LogP contribution in [-0.4, -0.2) is 13.2 Å². The van der Waals surface area contributed by atoms with Gasteiger partial charge in [-0.3, -0.25) is 5.32 Å². The third-order valence-corrected chi connectivity index (χ3v) is 3.38. The van der Waals surface area contributed by atoms with E-state index in [1.54, 1.807) is 0 Å². The minimum Gasteiger partial charge on any atom is -0.295 e. The minimum absolute atomic E-state index is 0.262. The van der Waals surface area contributed by atoms with E-state index in [0.717, 1.165) is 6.54 Å². The summed E-state index contributed by atoms with van der Waals surface area (Å²) in [5.74, 6) is 0. The quantitative estimate of drug-likeness (QED) is 0.331. The van der Waals surface area contributed by atoms with Crippen LogP contribution in [0.4, 0.5) is 0 Å². The van der Waals surface area contributed by atoms with E-state index in [4.69, 9.17) is 0 Å². The molecule has 0 spiro atoms. The number of nitroso groups, excluding NO2 is 1. The maximum atomic E-state index is 9.81. The van der Waals surface area contributed by atoms with Gasteiger partial charge in [0.15, 0.2) is 0 Å². The van der Waals surface area contributed by atoms with Crippen molar-refractivity contribution in [1.82, 2.24) is 5.32 Å². The molecule has 0 aliphatic carbocycles. The van der Waals surface area contributed by atoms with Gasteiger partial charge in [0, 0.05) is 0 Å². The van der Waals surface area contributed by atoms with Gasteiger partial charge in [0.25, 0.3) is 0 Å². The number of hydrogen-bond donors (Lipinski definition) is 1. The zero-order valence-electron chi connectivity index (χ0n) is 12.3. The van der Waals surface area contributed by atoms with Crippen LogP contribution in [0.3, 0.4) is 0 Å². The Balaban J connectivity index is 2.88. The first-order chi connectivity index (χ1) is 8.91. The first-order valence-corrected chi connectivity index (χ1v) is 7.91. The van der Waals surface area contributed by atoms with Crippen LogP contribution >= 0.6 is 0 Å². The number of unbranched alkanes of at least 4 members (excludes halogenated alkanes) is 11. The molecule has 0 saturated carbocycles. The largest absolute Gasteiger partial charge is 0.295 e. The lowest BCUT2D eigenvalue weighted by Crippen LogP contribution is -2.14. The minimum atomic E-state index is 0.262. The average Bonchev–Trinajstić information content (AvgIpc) is 2.39. The van der Waals surface area contributed by atoms with Crippen LogP contribution in [0.15, 0.2) is 5.18 Å². The fourth-order valence-electron chi connectivity index (χ4n) is 2.22. The van der Waals surface area contributed by atoms with Crippen molar-refractivity contribution in [1.29, 1.82) is 0 Å². The molecule has 3 nitrogen and oxygen atoms in total. The molecule has 0 aromatic carbocycles. The Kier molecular flexibility index (Phi) is 16.2. The van der Waals surface area contributed by atoms with Gasteiger partial charge in [-0.1, -0.05) is 82.7 Å². The Morgan fingerprint density at radius 3 is 1.61 bits per heavy atom. The molecule has 0 heterocycles. The van der Waals surface area contributed by atoms with Crippen molar-refractivity contribution in [2.45, 2.75) is 84.0 Å². The van der Waals surface area contributed by atoms with Crippen molar-refractivity contribution in [3.8, 4) is 0 Å². The van der Waals surface area contributed by atoms with E-state index in [-0.39, 0.29) is 6.67 Å². The van der Waals surface area contributed by atoms with Gasteiger partial charge in [-0.05, 0) is 13.0 Å². The maximum Gasteiger partial charge on any atom is 0.131 e. The van der Waals surface area contributed by atoms with Gasteiger partial charge in [0.1, 0.15) is 6.67 Å². The summed E-state index contributed by atoms with van der Waals surface area (Å²) < 4.78 is 0. The van der Waals surface area contributed by atoms with Gasteiger partial charge in [0.2, 0.25) is 0 Å².